The summed E-state index contributed by atoms with van der Waals surface area (Å²) >= 11 is 0. The van der Waals surface area contributed by atoms with E-state index in [9.17, 15) is 14.4 Å². The maximum atomic E-state index is 13.1. The second-order valence-electron chi connectivity index (χ2n) is 9.45. The van der Waals surface area contributed by atoms with Crippen LogP contribution in [0.3, 0.4) is 0 Å². The molecule has 2 aromatic rings. The van der Waals surface area contributed by atoms with E-state index >= 15 is 0 Å². The lowest BCUT2D eigenvalue weighted by Crippen LogP contribution is -2.55. The van der Waals surface area contributed by atoms with Crippen LogP contribution in [0.2, 0.25) is 0 Å². The SMILES string of the molecule is CCOC(=O)C12CC[C@@H](NC(=O)Nc3ccccc3)CC1C[C@@H](NC(=O)Nc1ccccc1)CC2. The Balaban J connectivity index is 1.39. The third kappa shape index (κ3) is 6.12. The first-order valence-electron chi connectivity index (χ1n) is 12.4. The first kappa shape index (κ1) is 24.6. The number of hydrogen-bond donors (Lipinski definition) is 4. The van der Waals surface area contributed by atoms with Gasteiger partial charge in [0.25, 0.3) is 0 Å². The summed E-state index contributed by atoms with van der Waals surface area (Å²) in [6, 6.07) is 18.0. The van der Waals surface area contributed by atoms with Gasteiger partial charge in [0, 0.05) is 23.5 Å². The lowest BCUT2D eigenvalue weighted by molar-refractivity contribution is -0.165. The van der Waals surface area contributed by atoms with Crippen molar-refractivity contribution in [2.45, 2.75) is 57.5 Å². The van der Waals surface area contributed by atoms with Gasteiger partial charge >= 0.3 is 18.0 Å². The molecule has 0 saturated heterocycles. The standard InChI is InChI=1S/C27H34N4O4/c1-2-35-24(32)27-15-13-22(30-25(33)28-20-9-5-3-6-10-20)17-19(27)18-23(14-16-27)31-26(34)29-21-11-7-4-8-12-21/h3-12,19,22-23H,2,13-18H2,1H3,(H2,28,30,33)(H2,29,31,34)/t19?,22-,23+,27?. The smallest absolute Gasteiger partial charge is 0.319 e. The minimum atomic E-state index is -0.557. The van der Waals surface area contributed by atoms with Crippen LogP contribution >= 0.6 is 0 Å². The number of fused-ring (bicyclic) bond motifs is 1. The number of urea groups is 2. The number of para-hydroxylation sites is 2. The molecule has 2 fully saturated rings. The fraction of sp³-hybridized carbons (Fsp3) is 0.444. The molecule has 2 saturated carbocycles. The van der Waals surface area contributed by atoms with Crippen molar-refractivity contribution in [1.29, 1.82) is 0 Å². The fourth-order valence-electron chi connectivity index (χ4n) is 5.52. The molecule has 0 bridgehead atoms. The molecule has 8 nitrogen and oxygen atoms in total. The molecular weight excluding hydrogens is 444 g/mol. The van der Waals surface area contributed by atoms with E-state index in [1.807, 2.05) is 67.6 Å². The lowest BCUT2D eigenvalue weighted by Gasteiger charge is -2.49. The van der Waals surface area contributed by atoms with Gasteiger partial charge in [0.2, 0.25) is 0 Å². The van der Waals surface area contributed by atoms with Gasteiger partial charge < -0.3 is 26.0 Å². The molecule has 8 heteroatoms. The number of anilines is 2. The fourth-order valence-corrected chi connectivity index (χ4v) is 5.52. The number of benzene rings is 2. The monoisotopic (exact) mass is 478 g/mol. The van der Waals surface area contributed by atoms with Crippen LogP contribution in [0.15, 0.2) is 60.7 Å². The maximum absolute atomic E-state index is 13.1. The van der Waals surface area contributed by atoms with E-state index in [2.05, 4.69) is 21.3 Å². The summed E-state index contributed by atoms with van der Waals surface area (Å²) in [6.07, 6.45) is 4.08. The van der Waals surface area contributed by atoms with Crippen molar-refractivity contribution >= 4 is 29.4 Å². The van der Waals surface area contributed by atoms with Crippen LogP contribution in [0, 0.1) is 11.3 Å². The summed E-state index contributed by atoms with van der Waals surface area (Å²) in [5.41, 5.74) is 0.902. The first-order valence-corrected chi connectivity index (χ1v) is 12.4. The molecule has 4 amide bonds. The second-order valence-corrected chi connectivity index (χ2v) is 9.45. The Morgan fingerprint density at radius 3 is 1.69 bits per heavy atom. The third-order valence-electron chi connectivity index (χ3n) is 7.21. The van der Waals surface area contributed by atoms with Gasteiger partial charge in [0.05, 0.1) is 12.0 Å². The summed E-state index contributed by atoms with van der Waals surface area (Å²) in [5, 5.41) is 11.9. The number of nitrogens with one attached hydrogen (secondary N) is 4. The Labute approximate surface area is 206 Å². The lowest BCUT2D eigenvalue weighted by atomic mass is 9.57. The molecule has 35 heavy (non-hydrogen) atoms. The molecule has 2 aliphatic carbocycles. The van der Waals surface area contributed by atoms with Crippen LogP contribution in [-0.4, -0.2) is 36.7 Å². The normalized spacial score (nSPS) is 25.5. The molecule has 2 aliphatic rings. The molecule has 4 atom stereocenters. The van der Waals surface area contributed by atoms with E-state index in [0.29, 0.717) is 45.1 Å². The molecule has 0 aliphatic heterocycles. The molecule has 0 spiro atoms. The van der Waals surface area contributed by atoms with Crippen LogP contribution in [0.5, 0.6) is 0 Å². The number of hydrogen-bond acceptors (Lipinski definition) is 4. The number of esters is 1. The number of carbonyl (C=O) groups excluding carboxylic acids is 3. The molecule has 4 N–H and O–H groups in total. The number of amides is 4. The van der Waals surface area contributed by atoms with Crippen LogP contribution in [0.25, 0.3) is 0 Å². The highest BCUT2D eigenvalue weighted by molar-refractivity contribution is 5.90. The summed E-state index contributed by atoms with van der Waals surface area (Å²) in [5.74, 6) is -0.141. The second kappa shape index (κ2) is 11.3. The van der Waals surface area contributed by atoms with E-state index in [4.69, 9.17) is 4.74 Å². The predicted octanol–water partition coefficient (Wildman–Crippen LogP) is 4.90. The Morgan fingerprint density at radius 1 is 0.800 bits per heavy atom. The highest BCUT2D eigenvalue weighted by atomic mass is 16.5. The molecule has 2 unspecified atom stereocenters. The minimum absolute atomic E-state index is 0.00750. The maximum Gasteiger partial charge on any atom is 0.319 e. The molecule has 0 radical (unpaired) electrons. The minimum Gasteiger partial charge on any atom is -0.466 e. The van der Waals surface area contributed by atoms with Crippen molar-refractivity contribution < 1.29 is 19.1 Å². The predicted molar refractivity (Wildman–Crippen MR) is 135 cm³/mol. The van der Waals surface area contributed by atoms with Gasteiger partial charge in [-0.3, -0.25) is 4.79 Å². The molecule has 2 aromatic carbocycles. The molecule has 0 heterocycles. The Kier molecular flexibility index (Phi) is 7.90. The summed E-state index contributed by atoms with van der Waals surface area (Å²) < 4.78 is 5.49. The van der Waals surface area contributed by atoms with Gasteiger partial charge in [-0.25, -0.2) is 9.59 Å². The summed E-state index contributed by atoms with van der Waals surface area (Å²) in [7, 11) is 0. The van der Waals surface area contributed by atoms with Crippen molar-refractivity contribution in [3.63, 3.8) is 0 Å². The average Bonchev–Trinajstić information content (AvgIpc) is 2.85. The van der Waals surface area contributed by atoms with Crippen LogP contribution in [-0.2, 0) is 9.53 Å². The molecular formula is C27H34N4O4. The number of rotatable bonds is 6. The Bertz CT molecular complexity index is 945. The number of ether oxygens (including phenoxy) is 1. The van der Waals surface area contributed by atoms with E-state index in [-0.39, 0.29) is 36.0 Å². The van der Waals surface area contributed by atoms with Crippen LogP contribution in [0.1, 0.15) is 45.4 Å². The summed E-state index contributed by atoms with van der Waals surface area (Å²) in [4.78, 5) is 38.2. The van der Waals surface area contributed by atoms with Crippen molar-refractivity contribution in [3.8, 4) is 0 Å². The first-order chi connectivity index (χ1) is 17.0. The van der Waals surface area contributed by atoms with Gasteiger partial charge in [0.15, 0.2) is 0 Å². The molecule has 4 rings (SSSR count). The zero-order valence-electron chi connectivity index (χ0n) is 20.1. The highest BCUT2D eigenvalue weighted by Gasteiger charge is 2.53. The van der Waals surface area contributed by atoms with Gasteiger partial charge in [-0.05, 0) is 75.6 Å². The van der Waals surface area contributed by atoms with Crippen molar-refractivity contribution in [3.05, 3.63) is 60.7 Å². The van der Waals surface area contributed by atoms with Crippen molar-refractivity contribution in [1.82, 2.24) is 10.6 Å². The van der Waals surface area contributed by atoms with E-state index in [0.717, 1.165) is 11.4 Å². The van der Waals surface area contributed by atoms with E-state index in [1.165, 1.54) is 0 Å². The Morgan fingerprint density at radius 2 is 1.26 bits per heavy atom. The van der Waals surface area contributed by atoms with E-state index < -0.39 is 5.41 Å². The summed E-state index contributed by atoms with van der Waals surface area (Å²) in [6.45, 7) is 2.17. The quantitative estimate of drug-likeness (QED) is 0.443. The van der Waals surface area contributed by atoms with Crippen molar-refractivity contribution in [2.75, 3.05) is 17.2 Å². The average molecular weight is 479 g/mol. The van der Waals surface area contributed by atoms with Gasteiger partial charge in [0.1, 0.15) is 0 Å². The van der Waals surface area contributed by atoms with Crippen LogP contribution < -0.4 is 21.3 Å². The highest BCUT2D eigenvalue weighted by Crippen LogP contribution is 2.51. The van der Waals surface area contributed by atoms with Crippen molar-refractivity contribution in [2.24, 2.45) is 11.3 Å². The van der Waals surface area contributed by atoms with Crippen LogP contribution in [0.4, 0.5) is 21.0 Å². The largest absolute Gasteiger partial charge is 0.466 e. The molecule has 186 valence electrons. The van der Waals surface area contributed by atoms with Gasteiger partial charge in [-0.1, -0.05) is 36.4 Å². The van der Waals surface area contributed by atoms with Gasteiger partial charge in [-0.15, -0.1) is 0 Å². The Hall–Kier alpha value is -3.55. The number of carbonyl (C=O) groups is 3. The van der Waals surface area contributed by atoms with Gasteiger partial charge in [-0.2, -0.15) is 0 Å². The third-order valence-corrected chi connectivity index (χ3v) is 7.21. The zero-order valence-corrected chi connectivity index (χ0v) is 20.1. The molecule has 0 aromatic heterocycles. The zero-order chi connectivity index (χ0) is 24.7. The topological polar surface area (TPSA) is 109 Å². The van der Waals surface area contributed by atoms with E-state index in [1.54, 1.807) is 0 Å².